The van der Waals surface area contributed by atoms with E-state index in [1.807, 2.05) is 20.8 Å². The predicted octanol–water partition coefficient (Wildman–Crippen LogP) is 2.03. The van der Waals surface area contributed by atoms with Gasteiger partial charge in [-0.25, -0.2) is 8.78 Å². The highest BCUT2D eigenvalue weighted by Gasteiger charge is 2.47. The molecule has 1 aliphatic heterocycles. The van der Waals surface area contributed by atoms with E-state index in [2.05, 4.69) is 5.32 Å². The molecule has 11 heavy (non-hydrogen) atoms. The molecule has 0 spiro atoms. The van der Waals surface area contributed by atoms with Gasteiger partial charge in [-0.15, -0.1) is 0 Å². The Morgan fingerprint density at radius 2 is 1.91 bits per heavy atom. The average molecular weight is 163 g/mol. The van der Waals surface area contributed by atoms with Crippen molar-refractivity contribution in [3.05, 3.63) is 0 Å². The van der Waals surface area contributed by atoms with Crippen LogP contribution in [0.3, 0.4) is 0 Å². The third-order valence-corrected chi connectivity index (χ3v) is 2.65. The van der Waals surface area contributed by atoms with Gasteiger partial charge in [0.1, 0.15) is 0 Å². The zero-order chi connectivity index (χ0) is 8.70. The Labute approximate surface area is 66.2 Å². The van der Waals surface area contributed by atoms with Crippen molar-refractivity contribution in [2.75, 3.05) is 6.54 Å². The molecule has 0 radical (unpaired) electrons. The lowest BCUT2D eigenvalue weighted by Crippen LogP contribution is -2.41. The van der Waals surface area contributed by atoms with E-state index >= 15 is 0 Å². The van der Waals surface area contributed by atoms with Crippen LogP contribution < -0.4 is 5.32 Å². The molecule has 1 atom stereocenters. The minimum Gasteiger partial charge on any atom is -0.305 e. The van der Waals surface area contributed by atoms with Crippen LogP contribution in [0.1, 0.15) is 27.2 Å². The van der Waals surface area contributed by atoms with E-state index in [1.54, 1.807) is 0 Å². The van der Waals surface area contributed by atoms with Gasteiger partial charge >= 0.3 is 0 Å². The van der Waals surface area contributed by atoms with Gasteiger partial charge in [-0.3, -0.25) is 0 Å². The van der Waals surface area contributed by atoms with Crippen LogP contribution in [0.25, 0.3) is 0 Å². The molecule has 0 aromatic carbocycles. The largest absolute Gasteiger partial charge is 0.305 e. The molecule has 0 aliphatic carbocycles. The van der Waals surface area contributed by atoms with Crippen molar-refractivity contribution in [1.82, 2.24) is 5.32 Å². The van der Waals surface area contributed by atoms with Gasteiger partial charge in [0.25, 0.3) is 5.92 Å². The highest BCUT2D eigenvalue weighted by atomic mass is 19.3. The third kappa shape index (κ3) is 1.70. The quantitative estimate of drug-likeness (QED) is 0.623. The second-order valence-electron chi connectivity index (χ2n) is 3.96. The SMILES string of the molecule is CC(C)[C@]1(C)CC(F)(F)CN1. The Morgan fingerprint density at radius 3 is 2.09 bits per heavy atom. The summed E-state index contributed by atoms with van der Waals surface area (Å²) < 4.78 is 25.5. The summed E-state index contributed by atoms with van der Waals surface area (Å²) in [4.78, 5) is 0. The van der Waals surface area contributed by atoms with Crippen molar-refractivity contribution < 1.29 is 8.78 Å². The third-order valence-electron chi connectivity index (χ3n) is 2.65. The number of rotatable bonds is 1. The summed E-state index contributed by atoms with van der Waals surface area (Å²) in [5.41, 5.74) is -0.372. The molecular formula is C8H15F2N. The average Bonchev–Trinajstić information content (AvgIpc) is 2.08. The second-order valence-corrected chi connectivity index (χ2v) is 3.96. The molecule has 0 aromatic heterocycles. The van der Waals surface area contributed by atoms with Crippen molar-refractivity contribution >= 4 is 0 Å². The second kappa shape index (κ2) is 2.41. The van der Waals surface area contributed by atoms with E-state index in [1.165, 1.54) is 0 Å². The molecule has 1 nitrogen and oxygen atoms in total. The highest BCUT2D eigenvalue weighted by molar-refractivity contribution is 4.99. The summed E-state index contributed by atoms with van der Waals surface area (Å²) >= 11 is 0. The van der Waals surface area contributed by atoms with Crippen LogP contribution in [0.15, 0.2) is 0 Å². The first-order chi connectivity index (χ1) is 4.86. The molecular weight excluding hydrogens is 148 g/mol. The number of alkyl halides is 2. The van der Waals surface area contributed by atoms with E-state index in [0.29, 0.717) is 0 Å². The molecule has 1 aliphatic rings. The van der Waals surface area contributed by atoms with Crippen LogP contribution in [0.4, 0.5) is 8.78 Å². The maximum absolute atomic E-state index is 12.7. The molecule has 0 aromatic rings. The lowest BCUT2D eigenvalue weighted by molar-refractivity contribution is 0.0138. The normalized spacial score (nSPS) is 36.5. The zero-order valence-electron chi connectivity index (χ0n) is 7.25. The van der Waals surface area contributed by atoms with Crippen molar-refractivity contribution in [3.63, 3.8) is 0 Å². The molecule has 1 saturated heterocycles. The molecule has 3 heteroatoms. The highest BCUT2D eigenvalue weighted by Crippen LogP contribution is 2.36. The first-order valence-corrected chi connectivity index (χ1v) is 3.99. The van der Waals surface area contributed by atoms with E-state index in [0.717, 1.165) is 0 Å². The van der Waals surface area contributed by atoms with Crippen molar-refractivity contribution in [1.29, 1.82) is 0 Å². The monoisotopic (exact) mass is 163 g/mol. The van der Waals surface area contributed by atoms with Gasteiger partial charge in [0.05, 0.1) is 6.54 Å². The minimum atomic E-state index is -2.50. The summed E-state index contributed by atoms with van der Waals surface area (Å²) in [6.45, 7) is 5.63. The maximum Gasteiger partial charge on any atom is 0.262 e. The molecule has 0 amide bonds. The number of nitrogens with one attached hydrogen (secondary N) is 1. The fraction of sp³-hybridized carbons (Fsp3) is 1.00. The van der Waals surface area contributed by atoms with Crippen LogP contribution in [0.2, 0.25) is 0 Å². The zero-order valence-corrected chi connectivity index (χ0v) is 7.25. The van der Waals surface area contributed by atoms with Crippen LogP contribution in [-0.4, -0.2) is 18.0 Å². The van der Waals surface area contributed by atoms with E-state index in [9.17, 15) is 8.78 Å². The molecule has 66 valence electrons. The molecule has 1 N–H and O–H groups in total. The van der Waals surface area contributed by atoms with E-state index < -0.39 is 5.92 Å². The van der Waals surface area contributed by atoms with Gasteiger partial charge in [0.15, 0.2) is 0 Å². The Balaban J connectivity index is 2.65. The first kappa shape index (κ1) is 8.91. The number of hydrogen-bond acceptors (Lipinski definition) is 1. The van der Waals surface area contributed by atoms with Gasteiger partial charge < -0.3 is 5.32 Å². The van der Waals surface area contributed by atoms with E-state index in [-0.39, 0.29) is 24.4 Å². The van der Waals surface area contributed by atoms with Gasteiger partial charge in [-0.05, 0) is 12.8 Å². The Bertz CT molecular complexity index is 156. The minimum absolute atomic E-state index is 0.0301. The van der Waals surface area contributed by atoms with Crippen molar-refractivity contribution in [2.45, 2.75) is 38.7 Å². The maximum atomic E-state index is 12.7. The Kier molecular flexibility index (Phi) is 1.95. The lowest BCUT2D eigenvalue weighted by atomic mass is 9.86. The standard InChI is InChI=1S/C8H15F2N/c1-6(2)7(3)4-8(9,10)5-11-7/h6,11H,4-5H2,1-3H3/t7-/m0/s1. The summed E-state index contributed by atoms with van der Waals surface area (Å²) in [6, 6.07) is 0. The smallest absolute Gasteiger partial charge is 0.262 e. The number of halogens is 2. The fourth-order valence-corrected chi connectivity index (χ4v) is 1.40. The summed E-state index contributed by atoms with van der Waals surface area (Å²) in [5.74, 6) is -2.24. The summed E-state index contributed by atoms with van der Waals surface area (Å²) in [5, 5.41) is 2.87. The molecule has 1 fully saturated rings. The van der Waals surface area contributed by atoms with Crippen LogP contribution in [0.5, 0.6) is 0 Å². The van der Waals surface area contributed by atoms with Crippen molar-refractivity contribution in [2.24, 2.45) is 5.92 Å². The summed E-state index contributed by atoms with van der Waals surface area (Å²) in [6.07, 6.45) is -0.0301. The van der Waals surface area contributed by atoms with Crippen LogP contribution in [0, 0.1) is 5.92 Å². The lowest BCUT2D eigenvalue weighted by Gasteiger charge is -2.28. The van der Waals surface area contributed by atoms with Crippen molar-refractivity contribution in [3.8, 4) is 0 Å². The Morgan fingerprint density at radius 1 is 1.36 bits per heavy atom. The van der Waals surface area contributed by atoms with Gasteiger partial charge in [0, 0.05) is 12.0 Å². The van der Waals surface area contributed by atoms with Crippen LogP contribution in [-0.2, 0) is 0 Å². The molecule has 0 bridgehead atoms. The topological polar surface area (TPSA) is 12.0 Å². The predicted molar refractivity (Wildman–Crippen MR) is 40.8 cm³/mol. The van der Waals surface area contributed by atoms with Gasteiger partial charge in [0.2, 0.25) is 0 Å². The van der Waals surface area contributed by atoms with Gasteiger partial charge in [-0.1, -0.05) is 13.8 Å². The molecule has 1 heterocycles. The van der Waals surface area contributed by atoms with Gasteiger partial charge in [-0.2, -0.15) is 0 Å². The molecule has 1 rings (SSSR count). The fourth-order valence-electron chi connectivity index (χ4n) is 1.40. The molecule has 0 saturated carbocycles. The Hall–Kier alpha value is -0.180. The number of hydrogen-bond donors (Lipinski definition) is 1. The van der Waals surface area contributed by atoms with Crippen LogP contribution >= 0.6 is 0 Å². The summed E-state index contributed by atoms with van der Waals surface area (Å²) in [7, 11) is 0. The first-order valence-electron chi connectivity index (χ1n) is 3.99. The van der Waals surface area contributed by atoms with E-state index in [4.69, 9.17) is 0 Å². The molecule has 0 unspecified atom stereocenters.